The molecule has 1 atom stereocenters. The fourth-order valence-electron chi connectivity index (χ4n) is 3.86. The van der Waals surface area contributed by atoms with E-state index in [0.717, 1.165) is 41.9 Å². The number of aromatic nitrogens is 2. The second-order valence-corrected chi connectivity index (χ2v) is 8.46. The Labute approximate surface area is 174 Å². The van der Waals surface area contributed by atoms with Crippen LogP contribution in [0.5, 0.6) is 0 Å². The number of carbonyl (C=O) groups excluding carboxylic acids is 1. The number of hydrogen-bond donors (Lipinski definition) is 1. The zero-order chi connectivity index (χ0) is 20.2. The highest BCUT2D eigenvalue weighted by Crippen LogP contribution is 2.25. The van der Waals surface area contributed by atoms with Crippen LogP contribution < -0.4 is 5.32 Å². The third-order valence-electron chi connectivity index (χ3n) is 5.43. The number of thiophene rings is 1. The number of nitrogens with one attached hydrogen (secondary N) is 1. The number of benzene rings is 1. The first-order valence-electron chi connectivity index (χ1n) is 10.1. The number of carbonyl (C=O) groups is 1. The molecule has 0 spiro atoms. The number of likely N-dealkylation sites (tertiary alicyclic amines) is 1. The van der Waals surface area contributed by atoms with Crippen LogP contribution in [0.25, 0.3) is 10.7 Å². The lowest BCUT2D eigenvalue weighted by Crippen LogP contribution is -2.40. The lowest BCUT2D eigenvalue weighted by molar-refractivity contribution is -0.121. The summed E-state index contributed by atoms with van der Waals surface area (Å²) in [6.45, 7) is 6.37. The predicted octanol–water partition coefficient (Wildman–Crippen LogP) is 4.52. The maximum absolute atomic E-state index is 13.0. The Morgan fingerprint density at radius 2 is 2.24 bits per heavy atom. The topological polar surface area (TPSA) is 71.3 Å². The van der Waals surface area contributed by atoms with Crippen molar-refractivity contribution in [1.82, 2.24) is 15.0 Å². The molecule has 152 valence electrons. The van der Waals surface area contributed by atoms with Gasteiger partial charge in [0.1, 0.15) is 0 Å². The van der Waals surface area contributed by atoms with E-state index in [1.165, 1.54) is 5.56 Å². The number of aryl methyl sites for hydroxylation is 2. The molecule has 4 rings (SSSR count). The molecule has 0 radical (unpaired) electrons. The molecule has 1 N–H and O–H groups in total. The fourth-order valence-corrected chi connectivity index (χ4v) is 4.51. The minimum absolute atomic E-state index is 0.0345. The van der Waals surface area contributed by atoms with E-state index in [1.54, 1.807) is 11.3 Å². The van der Waals surface area contributed by atoms with Crippen LogP contribution in [-0.2, 0) is 17.8 Å². The number of para-hydroxylation sites is 1. The molecule has 29 heavy (non-hydrogen) atoms. The molecule has 1 saturated heterocycles. The summed E-state index contributed by atoms with van der Waals surface area (Å²) in [5.74, 6) is 1.30. The van der Waals surface area contributed by atoms with Crippen LogP contribution in [0.3, 0.4) is 0 Å². The van der Waals surface area contributed by atoms with Crippen molar-refractivity contribution in [2.24, 2.45) is 5.92 Å². The number of rotatable bonds is 6. The number of piperidine rings is 1. The van der Waals surface area contributed by atoms with Crippen molar-refractivity contribution in [3.8, 4) is 10.7 Å². The minimum atomic E-state index is -0.0345. The van der Waals surface area contributed by atoms with Gasteiger partial charge in [0, 0.05) is 12.2 Å². The average molecular weight is 411 g/mol. The zero-order valence-corrected chi connectivity index (χ0v) is 17.7. The summed E-state index contributed by atoms with van der Waals surface area (Å²) in [6, 6.07) is 10.1. The molecular formula is C22H26N4O2S. The second kappa shape index (κ2) is 8.88. The quantitative estimate of drug-likeness (QED) is 0.647. The first-order valence-corrected chi connectivity index (χ1v) is 11.0. The molecule has 7 heteroatoms. The molecule has 0 bridgehead atoms. The highest BCUT2D eigenvalue weighted by atomic mass is 32.1. The van der Waals surface area contributed by atoms with Gasteiger partial charge in [-0.05, 0) is 55.3 Å². The number of hydrogen-bond acceptors (Lipinski definition) is 6. The normalized spacial score (nSPS) is 17.4. The molecule has 6 nitrogen and oxygen atoms in total. The molecule has 1 aliphatic rings. The summed E-state index contributed by atoms with van der Waals surface area (Å²) in [6.07, 6.45) is 2.79. The lowest BCUT2D eigenvalue weighted by atomic mass is 9.96. The van der Waals surface area contributed by atoms with Gasteiger partial charge in [-0.25, -0.2) is 0 Å². The van der Waals surface area contributed by atoms with Gasteiger partial charge in [0.05, 0.1) is 17.3 Å². The summed E-state index contributed by atoms with van der Waals surface area (Å²) in [5.41, 5.74) is 3.25. The van der Waals surface area contributed by atoms with Gasteiger partial charge < -0.3 is 9.84 Å². The second-order valence-electron chi connectivity index (χ2n) is 7.52. The van der Waals surface area contributed by atoms with Crippen molar-refractivity contribution in [1.29, 1.82) is 0 Å². The zero-order valence-electron chi connectivity index (χ0n) is 16.9. The van der Waals surface area contributed by atoms with Crippen molar-refractivity contribution in [3.63, 3.8) is 0 Å². The van der Waals surface area contributed by atoms with E-state index in [0.29, 0.717) is 24.8 Å². The van der Waals surface area contributed by atoms with Crippen LogP contribution in [0, 0.1) is 12.8 Å². The van der Waals surface area contributed by atoms with Crippen LogP contribution in [0.1, 0.15) is 36.8 Å². The van der Waals surface area contributed by atoms with Gasteiger partial charge in [-0.2, -0.15) is 4.98 Å². The van der Waals surface area contributed by atoms with Gasteiger partial charge in [0.2, 0.25) is 17.6 Å². The maximum Gasteiger partial charge on any atom is 0.241 e. The van der Waals surface area contributed by atoms with Gasteiger partial charge >= 0.3 is 0 Å². The van der Waals surface area contributed by atoms with E-state index < -0.39 is 0 Å². The molecule has 2 aromatic heterocycles. The van der Waals surface area contributed by atoms with Crippen LogP contribution in [0.15, 0.2) is 40.2 Å². The van der Waals surface area contributed by atoms with Crippen LogP contribution in [0.4, 0.5) is 5.69 Å². The molecule has 3 aromatic rings. The molecule has 1 unspecified atom stereocenters. The lowest BCUT2D eigenvalue weighted by Gasteiger charge is -2.31. The summed E-state index contributed by atoms with van der Waals surface area (Å²) in [7, 11) is 0. The van der Waals surface area contributed by atoms with Crippen LogP contribution >= 0.6 is 11.3 Å². The molecule has 1 amide bonds. The van der Waals surface area contributed by atoms with Gasteiger partial charge in [0.25, 0.3) is 0 Å². The van der Waals surface area contributed by atoms with E-state index >= 15 is 0 Å². The van der Waals surface area contributed by atoms with Crippen molar-refractivity contribution in [2.45, 2.75) is 39.7 Å². The predicted molar refractivity (Wildman–Crippen MR) is 115 cm³/mol. The van der Waals surface area contributed by atoms with Crippen LogP contribution in [0.2, 0.25) is 0 Å². The molecule has 0 aliphatic carbocycles. The molecular weight excluding hydrogens is 384 g/mol. The van der Waals surface area contributed by atoms with Crippen molar-refractivity contribution >= 4 is 22.9 Å². The SMILES string of the molecule is CCc1cccc(C)c1NC(=O)C1CCCN(Cc2nc(-c3cccs3)no2)C1. The Bertz CT molecular complexity index is 967. The molecule has 1 aliphatic heterocycles. The Morgan fingerprint density at radius 3 is 3.03 bits per heavy atom. The molecule has 1 fully saturated rings. The average Bonchev–Trinajstić information content (AvgIpc) is 3.41. The molecule has 0 saturated carbocycles. The maximum atomic E-state index is 13.0. The largest absolute Gasteiger partial charge is 0.338 e. The Morgan fingerprint density at radius 1 is 1.34 bits per heavy atom. The summed E-state index contributed by atoms with van der Waals surface area (Å²) < 4.78 is 5.43. The third kappa shape index (κ3) is 4.57. The van der Waals surface area contributed by atoms with E-state index in [9.17, 15) is 4.79 Å². The Hall–Kier alpha value is -2.51. The van der Waals surface area contributed by atoms with Crippen molar-refractivity contribution in [2.75, 3.05) is 18.4 Å². The van der Waals surface area contributed by atoms with Crippen LogP contribution in [-0.4, -0.2) is 34.0 Å². The smallest absolute Gasteiger partial charge is 0.241 e. The van der Waals surface area contributed by atoms with Crippen molar-refractivity contribution in [3.05, 3.63) is 52.7 Å². The first kappa shape index (κ1) is 19.8. The van der Waals surface area contributed by atoms with Gasteiger partial charge in [-0.3, -0.25) is 9.69 Å². The number of anilines is 1. The van der Waals surface area contributed by atoms with E-state index in [2.05, 4.69) is 33.3 Å². The fraction of sp³-hybridized carbons (Fsp3) is 0.409. The summed E-state index contributed by atoms with van der Waals surface area (Å²) in [4.78, 5) is 20.7. The van der Waals surface area contributed by atoms with Gasteiger partial charge in [-0.1, -0.05) is 36.3 Å². The minimum Gasteiger partial charge on any atom is -0.338 e. The summed E-state index contributed by atoms with van der Waals surface area (Å²) >= 11 is 1.59. The van der Waals surface area contributed by atoms with E-state index in [-0.39, 0.29) is 11.8 Å². The number of nitrogens with zero attached hydrogens (tertiary/aromatic N) is 3. The van der Waals surface area contributed by atoms with Crippen molar-refractivity contribution < 1.29 is 9.32 Å². The highest BCUT2D eigenvalue weighted by Gasteiger charge is 2.27. The van der Waals surface area contributed by atoms with Gasteiger partial charge in [0.15, 0.2) is 0 Å². The molecule has 1 aromatic carbocycles. The van der Waals surface area contributed by atoms with E-state index in [1.807, 2.05) is 36.6 Å². The summed E-state index contributed by atoms with van der Waals surface area (Å²) in [5, 5.41) is 9.27. The number of amides is 1. The molecule has 3 heterocycles. The Kier molecular flexibility index (Phi) is 6.06. The standard InChI is InChI=1S/C22H26N4O2S/c1-3-16-8-4-7-15(2)20(16)24-22(27)17-9-5-11-26(13-17)14-19-23-21(25-28-19)18-10-6-12-29-18/h4,6-8,10,12,17H,3,5,9,11,13-14H2,1-2H3,(H,24,27). The van der Waals surface area contributed by atoms with E-state index in [4.69, 9.17) is 4.52 Å². The van der Waals surface area contributed by atoms with Gasteiger partial charge in [-0.15, -0.1) is 11.3 Å². The first-order chi connectivity index (χ1) is 14.1. The Balaban J connectivity index is 1.39. The third-order valence-corrected chi connectivity index (χ3v) is 6.30. The monoisotopic (exact) mass is 410 g/mol. The highest BCUT2D eigenvalue weighted by molar-refractivity contribution is 7.13.